The van der Waals surface area contributed by atoms with E-state index in [-0.39, 0.29) is 10.3 Å². The van der Waals surface area contributed by atoms with Gasteiger partial charge in [0.2, 0.25) is 0 Å². The van der Waals surface area contributed by atoms with Gasteiger partial charge in [0.05, 0.1) is 0 Å². The van der Waals surface area contributed by atoms with E-state index in [9.17, 15) is 0 Å². The van der Waals surface area contributed by atoms with Gasteiger partial charge in [-0.1, -0.05) is 88.4 Å². The van der Waals surface area contributed by atoms with Gasteiger partial charge in [0.15, 0.2) is 0 Å². The summed E-state index contributed by atoms with van der Waals surface area (Å²) in [7, 11) is 0.840. The SMILES string of the molecule is CC(C)(PC(C)(C)c1ccccc1)c1ccccc1. The zero-order chi connectivity index (χ0) is 13.9. The Kier molecular flexibility index (Phi) is 4.11. The third-order valence-electron chi connectivity index (χ3n) is 3.62. The maximum atomic E-state index is 2.35. The number of hydrogen-bond donors (Lipinski definition) is 0. The Morgan fingerprint density at radius 3 is 1.21 bits per heavy atom. The van der Waals surface area contributed by atoms with E-state index in [4.69, 9.17) is 0 Å². The van der Waals surface area contributed by atoms with E-state index in [0.29, 0.717) is 0 Å². The zero-order valence-corrected chi connectivity index (χ0v) is 13.3. The van der Waals surface area contributed by atoms with E-state index in [1.807, 2.05) is 0 Å². The lowest BCUT2D eigenvalue weighted by Gasteiger charge is -2.36. The van der Waals surface area contributed by atoms with Gasteiger partial charge >= 0.3 is 0 Å². The van der Waals surface area contributed by atoms with Crippen LogP contribution < -0.4 is 0 Å². The first-order valence-corrected chi connectivity index (χ1v) is 7.82. The minimum Gasteiger partial charge on any atom is -0.101 e. The van der Waals surface area contributed by atoms with Gasteiger partial charge in [-0.3, -0.25) is 0 Å². The average molecular weight is 270 g/mol. The van der Waals surface area contributed by atoms with E-state index in [1.54, 1.807) is 0 Å². The molecule has 0 heterocycles. The van der Waals surface area contributed by atoms with Crippen molar-refractivity contribution in [2.45, 2.75) is 38.0 Å². The van der Waals surface area contributed by atoms with Gasteiger partial charge in [-0.2, -0.15) is 0 Å². The van der Waals surface area contributed by atoms with Crippen molar-refractivity contribution in [3.8, 4) is 0 Å². The minimum absolute atomic E-state index is 0.209. The molecule has 2 aromatic rings. The van der Waals surface area contributed by atoms with Crippen LogP contribution in [0.25, 0.3) is 0 Å². The maximum Gasteiger partial charge on any atom is 0.00780 e. The van der Waals surface area contributed by atoms with Crippen molar-refractivity contribution in [3.63, 3.8) is 0 Å². The molecule has 0 saturated heterocycles. The van der Waals surface area contributed by atoms with Crippen LogP contribution >= 0.6 is 8.58 Å². The summed E-state index contributed by atoms with van der Waals surface area (Å²) in [5, 5.41) is 0.418. The number of benzene rings is 2. The van der Waals surface area contributed by atoms with Crippen molar-refractivity contribution < 1.29 is 0 Å². The van der Waals surface area contributed by atoms with Crippen molar-refractivity contribution in [2.24, 2.45) is 0 Å². The van der Waals surface area contributed by atoms with Crippen LogP contribution in [-0.4, -0.2) is 0 Å². The van der Waals surface area contributed by atoms with Crippen molar-refractivity contribution in [2.75, 3.05) is 0 Å². The molecule has 0 spiro atoms. The Hall–Kier alpha value is -1.13. The van der Waals surface area contributed by atoms with Gasteiger partial charge in [0.1, 0.15) is 0 Å². The quantitative estimate of drug-likeness (QED) is 0.640. The van der Waals surface area contributed by atoms with Crippen molar-refractivity contribution in [1.29, 1.82) is 0 Å². The molecule has 0 aliphatic rings. The van der Waals surface area contributed by atoms with E-state index in [2.05, 4.69) is 88.4 Å². The van der Waals surface area contributed by atoms with Crippen LogP contribution in [0, 0.1) is 0 Å². The summed E-state index contributed by atoms with van der Waals surface area (Å²) >= 11 is 0. The van der Waals surface area contributed by atoms with Crippen molar-refractivity contribution in [1.82, 2.24) is 0 Å². The second kappa shape index (κ2) is 5.47. The van der Waals surface area contributed by atoms with E-state index in [0.717, 1.165) is 8.58 Å². The molecule has 2 rings (SSSR count). The number of hydrogen-bond acceptors (Lipinski definition) is 0. The van der Waals surface area contributed by atoms with Crippen LogP contribution in [0.3, 0.4) is 0 Å². The molecule has 0 N–H and O–H groups in total. The molecule has 0 bridgehead atoms. The molecule has 0 fully saturated rings. The second-order valence-corrected chi connectivity index (χ2v) is 8.86. The molecule has 0 atom stereocenters. The van der Waals surface area contributed by atoms with Gasteiger partial charge in [0.25, 0.3) is 0 Å². The first-order valence-electron chi connectivity index (χ1n) is 6.82. The molecule has 0 aliphatic carbocycles. The molecule has 0 radical (unpaired) electrons. The lowest BCUT2D eigenvalue weighted by Crippen LogP contribution is -2.20. The lowest BCUT2D eigenvalue weighted by molar-refractivity contribution is 0.701. The fourth-order valence-electron chi connectivity index (χ4n) is 2.64. The average Bonchev–Trinajstić information content (AvgIpc) is 2.40. The first-order chi connectivity index (χ1) is 8.92. The van der Waals surface area contributed by atoms with E-state index < -0.39 is 0 Å². The van der Waals surface area contributed by atoms with Crippen LogP contribution in [-0.2, 0) is 10.3 Å². The molecule has 0 aliphatic heterocycles. The summed E-state index contributed by atoms with van der Waals surface area (Å²) in [6.07, 6.45) is 0. The summed E-state index contributed by atoms with van der Waals surface area (Å²) in [6, 6.07) is 21.7. The third-order valence-corrected chi connectivity index (χ3v) is 5.44. The van der Waals surface area contributed by atoms with Crippen LogP contribution in [0.1, 0.15) is 38.8 Å². The molecular weight excluding hydrogens is 247 g/mol. The topological polar surface area (TPSA) is 0 Å². The largest absolute Gasteiger partial charge is 0.101 e. The molecule has 0 aromatic heterocycles. The van der Waals surface area contributed by atoms with Gasteiger partial charge < -0.3 is 0 Å². The fourth-order valence-corrected chi connectivity index (χ4v) is 4.82. The predicted molar refractivity (Wildman–Crippen MR) is 87.3 cm³/mol. The van der Waals surface area contributed by atoms with Crippen LogP contribution in [0.4, 0.5) is 0 Å². The third kappa shape index (κ3) is 3.45. The first kappa shape index (κ1) is 14.3. The predicted octanol–water partition coefficient (Wildman–Crippen LogP) is 5.54. The highest BCUT2D eigenvalue weighted by Gasteiger charge is 2.30. The molecule has 19 heavy (non-hydrogen) atoms. The summed E-state index contributed by atoms with van der Waals surface area (Å²) in [5.41, 5.74) is 2.86. The van der Waals surface area contributed by atoms with Gasteiger partial charge in [-0.05, 0) is 11.1 Å². The molecule has 0 nitrogen and oxygen atoms in total. The summed E-state index contributed by atoms with van der Waals surface area (Å²) in [5.74, 6) is 0. The Balaban J connectivity index is 2.25. The smallest absolute Gasteiger partial charge is 0.00780 e. The van der Waals surface area contributed by atoms with Crippen molar-refractivity contribution >= 4 is 8.58 Å². The Morgan fingerprint density at radius 2 is 0.895 bits per heavy atom. The number of rotatable bonds is 4. The van der Waals surface area contributed by atoms with Crippen LogP contribution in [0.5, 0.6) is 0 Å². The van der Waals surface area contributed by atoms with Crippen LogP contribution in [0.15, 0.2) is 60.7 Å². The summed E-state index contributed by atoms with van der Waals surface area (Å²) in [4.78, 5) is 0. The van der Waals surface area contributed by atoms with Gasteiger partial charge in [0, 0.05) is 10.3 Å². The zero-order valence-electron chi connectivity index (χ0n) is 12.3. The summed E-state index contributed by atoms with van der Waals surface area (Å²) < 4.78 is 0. The van der Waals surface area contributed by atoms with Gasteiger partial charge in [-0.25, -0.2) is 0 Å². The molecule has 2 aromatic carbocycles. The molecule has 1 heteroatoms. The Labute approximate surface area is 119 Å². The van der Waals surface area contributed by atoms with Crippen LogP contribution in [0.2, 0.25) is 0 Å². The molecule has 0 amide bonds. The second-order valence-electron chi connectivity index (χ2n) is 6.11. The lowest BCUT2D eigenvalue weighted by atomic mass is 10.0. The Bertz CT molecular complexity index is 462. The molecule has 0 unspecified atom stereocenters. The van der Waals surface area contributed by atoms with E-state index in [1.165, 1.54) is 11.1 Å². The van der Waals surface area contributed by atoms with E-state index >= 15 is 0 Å². The maximum absolute atomic E-state index is 2.35. The molecule has 100 valence electrons. The highest BCUT2D eigenvalue weighted by atomic mass is 31.1. The fraction of sp³-hybridized carbons (Fsp3) is 0.333. The normalized spacial score (nSPS) is 12.4. The standard InChI is InChI=1S/C18H23P/c1-17(2,15-11-7-5-8-12-15)19-18(3,4)16-13-9-6-10-14-16/h5-14,19H,1-4H3. The van der Waals surface area contributed by atoms with Crippen molar-refractivity contribution in [3.05, 3.63) is 71.8 Å². The highest BCUT2D eigenvalue weighted by Crippen LogP contribution is 2.53. The van der Waals surface area contributed by atoms with Gasteiger partial charge in [-0.15, -0.1) is 8.58 Å². The summed E-state index contributed by atoms with van der Waals surface area (Å²) in [6.45, 7) is 9.41. The monoisotopic (exact) mass is 270 g/mol. The minimum atomic E-state index is 0.209. The Morgan fingerprint density at radius 1 is 0.579 bits per heavy atom. The highest BCUT2D eigenvalue weighted by molar-refractivity contribution is 7.40. The molecule has 0 saturated carbocycles. The molecular formula is C18H23P.